The molecule has 1 N–H and O–H groups in total. The smallest absolute Gasteiger partial charge is 0.251 e. The minimum absolute atomic E-state index is 0.153. The number of hydrogen-bond donors (Lipinski definition) is 1. The number of nitrogens with one attached hydrogen (secondary N) is 1. The van der Waals surface area contributed by atoms with Crippen LogP contribution in [0.25, 0.3) is 5.57 Å². The topological polar surface area (TPSA) is 46.2 Å². The lowest BCUT2D eigenvalue weighted by Gasteiger charge is -2.11. The van der Waals surface area contributed by atoms with Crippen molar-refractivity contribution in [1.29, 1.82) is 0 Å². The molecule has 0 atom stereocenters. The molecule has 0 heterocycles. The lowest BCUT2D eigenvalue weighted by atomic mass is 9.96. The molecule has 0 radical (unpaired) electrons. The van der Waals surface area contributed by atoms with Crippen molar-refractivity contribution in [3.05, 3.63) is 99.6 Å². The van der Waals surface area contributed by atoms with Crippen LogP contribution in [-0.4, -0.2) is 17.7 Å². The van der Waals surface area contributed by atoms with Gasteiger partial charge in [-0.05, 0) is 85.9 Å². The average Bonchev–Trinajstić information content (AvgIpc) is 3.53. The Labute approximate surface area is 185 Å². The van der Waals surface area contributed by atoms with E-state index in [-0.39, 0.29) is 39.5 Å². The van der Waals surface area contributed by atoms with Gasteiger partial charge < -0.3 is 5.32 Å². The number of halogens is 3. The molecule has 0 saturated heterocycles. The van der Waals surface area contributed by atoms with E-state index in [0.717, 1.165) is 12.8 Å². The van der Waals surface area contributed by atoms with Crippen LogP contribution in [0.2, 0.25) is 0 Å². The Morgan fingerprint density at radius 1 is 1.10 bits per heavy atom. The summed E-state index contributed by atoms with van der Waals surface area (Å²) in [4.78, 5) is 25.1. The molecule has 0 aliphatic heterocycles. The monoisotopic (exact) mass is 441 g/mol. The SMILES string of the molecule is C=C(/C=C\C(C(=O)c1ccc(F)cc1)=C(/C)Cl)c1cc(C(=O)NC2CC2)cc(F)c1C. The summed E-state index contributed by atoms with van der Waals surface area (Å²) < 4.78 is 27.6. The first-order valence-corrected chi connectivity index (χ1v) is 10.2. The van der Waals surface area contributed by atoms with Gasteiger partial charge in [-0.2, -0.15) is 0 Å². The van der Waals surface area contributed by atoms with Gasteiger partial charge in [-0.15, -0.1) is 0 Å². The van der Waals surface area contributed by atoms with Crippen molar-refractivity contribution in [1.82, 2.24) is 5.32 Å². The molecule has 2 aromatic carbocycles. The van der Waals surface area contributed by atoms with Gasteiger partial charge in [0.2, 0.25) is 0 Å². The van der Waals surface area contributed by atoms with Gasteiger partial charge >= 0.3 is 0 Å². The quantitative estimate of drug-likeness (QED) is 0.319. The molecule has 0 bridgehead atoms. The van der Waals surface area contributed by atoms with Crippen molar-refractivity contribution in [3.8, 4) is 0 Å². The zero-order valence-electron chi connectivity index (χ0n) is 17.3. The van der Waals surface area contributed by atoms with Crippen molar-refractivity contribution < 1.29 is 18.4 Å². The lowest BCUT2D eigenvalue weighted by molar-refractivity contribution is 0.0950. The van der Waals surface area contributed by atoms with E-state index in [1.807, 2.05) is 0 Å². The Balaban J connectivity index is 1.87. The second kappa shape index (κ2) is 9.40. The van der Waals surface area contributed by atoms with E-state index >= 15 is 0 Å². The van der Waals surface area contributed by atoms with Crippen LogP contribution in [0.4, 0.5) is 8.78 Å². The number of carbonyl (C=O) groups excluding carboxylic acids is 2. The van der Waals surface area contributed by atoms with E-state index in [1.165, 1.54) is 36.4 Å². The summed E-state index contributed by atoms with van der Waals surface area (Å²) in [5.74, 6) is -1.67. The Hall–Kier alpha value is -3.05. The van der Waals surface area contributed by atoms with Crippen LogP contribution in [0.1, 0.15) is 51.6 Å². The second-order valence-electron chi connectivity index (χ2n) is 7.52. The van der Waals surface area contributed by atoms with Crippen LogP contribution in [0.15, 0.2) is 65.7 Å². The van der Waals surface area contributed by atoms with Gasteiger partial charge in [-0.1, -0.05) is 24.3 Å². The molecule has 6 heteroatoms. The van der Waals surface area contributed by atoms with Crippen LogP contribution >= 0.6 is 11.6 Å². The predicted molar refractivity (Wildman–Crippen MR) is 119 cm³/mol. The third-order valence-electron chi connectivity index (χ3n) is 5.04. The van der Waals surface area contributed by atoms with Crippen LogP contribution < -0.4 is 5.32 Å². The molecule has 3 rings (SSSR count). The Bertz CT molecular complexity index is 1110. The first kappa shape index (κ1) is 22.6. The van der Waals surface area contributed by atoms with Gasteiger partial charge in [0.05, 0.1) is 0 Å². The molecule has 1 amide bonds. The third kappa shape index (κ3) is 5.56. The van der Waals surface area contributed by atoms with Gasteiger partial charge in [0, 0.05) is 27.8 Å². The van der Waals surface area contributed by atoms with Crippen molar-refractivity contribution in [2.75, 3.05) is 0 Å². The molecule has 1 aliphatic rings. The Kier molecular flexibility index (Phi) is 6.86. The van der Waals surface area contributed by atoms with E-state index < -0.39 is 11.6 Å². The number of ketones is 1. The summed E-state index contributed by atoms with van der Waals surface area (Å²) >= 11 is 6.12. The van der Waals surface area contributed by atoms with E-state index in [1.54, 1.807) is 26.0 Å². The standard InChI is InChI=1S/C25H22ClF2NO2/c1-14(4-11-21(16(3)26)24(30)17-5-7-19(27)8-6-17)22-12-18(13-23(28)15(22)2)25(31)29-20-9-10-20/h4-8,11-13,20H,1,9-10H2,2-3H3,(H,29,31)/b11-4-,21-16-. The van der Waals surface area contributed by atoms with Gasteiger partial charge in [-0.3, -0.25) is 9.59 Å². The fraction of sp³-hybridized carbons (Fsp3) is 0.200. The highest BCUT2D eigenvalue weighted by Gasteiger charge is 2.24. The van der Waals surface area contributed by atoms with E-state index in [9.17, 15) is 18.4 Å². The largest absolute Gasteiger partial charge is 0.349 e. The fourth-order valence-electron chi connectivity index (χ4n) is 3.02. The molecule has 2 aromatic rings. The summed E-state index contributed by atoms with van der Waals surface area (Å²) in [6.07, 6.45) is 4.90. The lowest BCUT2D eigenvalue weighted by Crippen LogP contribution is -2.25. The van der Waals surface area contributed by atoms with Crippen LogP contribution in [0, 0.1) is 18.6 Å². The number of amides is 1. The molecule has 3 nitrogen and oxygen atoms in total. The Morgan fingerprint density at radius 2 is 1.74 bits per heavy atom. The molecule has 0 unspecified atom stereocenters. The number of Topliss-reactive ketones (excluding diaryl/α,β-unsaturated/α-hetero) is 1. The molecule has 1 saturated carbocycles. The summed E-state index contributed by atoms with van der Waals surface area (Å²) in [6, 6.07) is 8.09. The molecule has 0 spiro atoms. The van der Waals surface area contributed by atoms with Crippen molar-refractivity contribution in [2.45, 2.75) is 32.7 Å². The number of hydrogen-bond acceptors (Lipinski definition) is 2. The molecule has 0 aromatic heterocycles. The summed E-state index contributed by atoms with van der Waals surface area (Å²) in [6.45, 7) is 7.13. The summed E-state index contributed by atoms with van der Waals surface area (Å²) in [5, 5.41) is 3.08. The zero-order valence-corrected chi connectivity index (χ0v) is 18.0. The number of benzene rings is 2. The van der Waals surface area contributed by atoms with Crippen molar-refractivity contribution >= 4 is 28.9 Å². The van der Waals surface area contributed by atoms with E-state index in [0.29, 0.717) is 16.7 Å². The van der Waals surface area contributed by atoms with E-state index in [2.05, 4.69) is 11.9 Å². The van der Waals surface area contributed by atoms with Gasteiger partial charge in [0.25, 0.3) is 5.91 Å². The van der Waals surface area contributed by atoms with Crippen molar-refractivity contribution in [2.24, 2.45) is 0 Å². The average molecular weight is 442 g/mol. The molecule has 31 heavy (non-hydrogen) atoms. The molecule has 1 fully saturated rings. The maximum Gasteiger partial charge on any atom is 0.251 e. The first-order chi connectivity index (χ1) is 14.7. The van der Waals surface area contributed by atoms with Crippen LogP contribution in [0.3, 0.4) is 0 Å². The normalized spacial score (nSPS) is 14.4. The zero-order chi connectivity index (χ0) is 22.7. The maximum absolute atomic E-state index is 14.5. The predicted octanol–water partition coefficient (Wildman–Crippen LogP) is 6.13. The molecule has 1 aliphatic carbocycles. The maximum atomic E-state index is 14.5. The van der Waals surface area contributed by atoms with E-state index in [4.69, 9.17) is 11.6 Å². The fourth-order valence-corrected chi connectivity index (χ4v) is 3.17. The van der Waals surface area contributed by atoms with Gasteiger partial charge in [0.15, 0.2) is 5.78 Å². The Morgan fingerprint density at radius 3 is 2.32 bits per heavy atom. The van der Waals surface area contributed by atoms with Crippen LogP contribution in [0.5, 0.6) is 0 Å². The molecular formula is C25H22ClF2NO2. The minimum atomic E-state index is -0.514. The van der Waals surface area contributed by atoms with Gasteiger partial charge in [-0.25, -0.2) is 8.78 Å². The second-order valence-corrected chi connectivity index (χ2v) is 8.09. The highest BCUT2D eigenvalue weighted by Crippen LogP contribution is 2.26. The molecular weight excluding hydrogens is 420 g/mol. The summed E-state index contributed by atoms with van der Waals surface area (Å²) in [5.41, 5.74) is 1.92. The van der Waals surface area contributed by atoms with Crippen LogP contribution in [-0.2, 0) is 0 Å². The third-order valence-corrected chi connectivity index (χ3v) is 5.24. The number of rotatable bonds is 7. The highest BCUT2D eigenvalue weighted by molar-refractivity contribution is 6.33. The first-order valence-electron chi connectivity index (χ1n) is 9.82. The van der Waals surface area contributed by atoms with Gasteiger partial charge in [0.1, 0.15) is 11.6 Å². The summed E-state index contributed by atoms with van der Waals surface area (Å²) in [7, 11) is 0. The number of carbonyl (C=O) groups is 2. The highest BCUT2D eigenvalue weighted by atomic mass is 35.5. The van der Waals surface area contributed by atoms with Crippen molar-refractivity contribution in [3.63, 3.8) is 0 Å². The number of allylic oxidation sites excluding steroid dienone is 5. The molecule has 160 valence electrons. The minimum Gasteiger partial charge on any atom is -0.349 e.